The molecule has 10 heteroatoms. The van der Waals surface area contributed by atoms with Crippen molar-refractivity contribution in [1.29, 1.82) is 0 Å². The first-order valence-corrected chi connectivity index (χ1v) is 14.5. The van der Waals surface area contributed by atoms with Crippen LogP contribution in [0.15, 0.2) is 53.4 Å². The first kappa shape index (κ1) is 27.4. The third kappa shape index (κ3) is 7.01. The van der Waals surface area contributed by atoms with Gasteiger partial charge in [-0.25, -0.2) is 8.42 Å². The number of carbonyl (C=O) groups excluding carboxylic acids is 1. The number of hydrogen-bond donors (Lipinski definition) is 1. The van der Waals surface area contributed by atoms with Crippen molar-refractivity contribution in [3.8, 4) is 5.75 Å². The Bertz CT molecular complexity index is 1120. The minimum atomic E-state index is -3.66. The second kappa shape index (κ2) is 12.7. The molecule has 0 aromatic heterocycles. The fourth-order valence-electron chi connectivity index (χ4n) is 4.90. The van der Waals surface area contributed by atoms with Crippen LogP contribution in [0, 0.1) is 0 Å². The molecule has 202 valence electrons. The molecule has 2 saturated heterocycles. The highest BCUT2D eigenvalue weighted by atomic mass is 32.2. The number of piperidine rings is 1. The first-order chi connectivity index (χ1) is 17.9. The number of rotatable bonds is 10. The summed E-state index contributed by atoms with van der Waals surface area (Å²) >= 11 is 0. The highest BCUT2D eigenvalue weighted by molar-refractivity contribution is 7.89. The first-order valence-electron chi connectivity index (χ1n) is 13.0. The summed E-state index contributed by atoms with van der Waals surface area (Å²) in [5.41, 5.74) is 1.87. The molecule has 2 aliphatic heterocycles. The number of nitrogens with one attached hydrogen (secondary N) is 1. The zero-order valence-corrected chi connectivity index (χ0v) is 22.6. The number of methoxy groups -OCH3 is 1. The largest absolute Gasteiger partial charge is 0.497 e. The average molecular weight is 531 g/mol. The fraction of sp³-hybridized carbons (Fsp3) is 0.519. The molecule has 1 amide bonds. The molecule has 4 rings (SSSR count). The van der Waals surface area contributed by atoms with E-state index >= 15 is 0 Å². The molecule has 2 aromatic carbocycles. The summed E-state index contributed by atoms with van der Waals surface area (Å²) in [5.74, 6) is 0.345. The monoisotopic (exact) mass is 530 g/mol. The van der Waals surface area contributed by atoms with Gasteiger partial charge >= 0.3 is 0 Å². The number of amides is 1. The van der Waals surface area contributed by atoms with E-state index in [1.165, 1.54) is 4.31 Å². The maximum absolute atomic E-state index is 13.3. The Morgan fingerprint density at radius 3 is 2.32 bits per heavy atom. The van der Waals surface area contributed by atoms with E-state index in [0.717, 1.165) is 51.3 Å². The molecule has 0 aliphatic carbocycles. The van der Waals surface area contributed by atoms with Crippen LogP contribution in [-0.2, 0) is 19.6 Å². The van der Waals surface area contributed by atoms with Gasteiger partial charge in [-0.05, 0) is 67.9 Å². The lowest BCUT2D eigenvalue weighted by Gasteiger charge is -2.35. The maximum Gasteiger partial charge on any atom is 0.250 e. The average Bonchev–Trinajstić information content (AvgIpc) is 2.94. The van der Waals surface area contributed by atoms with Gasteiger partial charge in [-0.2, -0.15) is 4.31 Å². The predicted octanol–water partition coefficient (Wildman–Crippen LogP) is 3.04. The number of carbonyl (C=O) groups is 1. The second-order valence-electron chi connectivity index (χ2n) is 9.47. The van der Waals surface area contributed by atoms with Crippen molar-refractivity contribution >= 4 is 27.3 Å². The number of anilines is 2. The van der Waals surface area contributed by atoms with Crippen LogP contribution in [0.1, 0.15) is 26.2 Å². The fourth-order valence-corrected chi connectivity index (χ4v) is 6.58. The molecule has 1 N–H and O–H groups in total. The number of piperazine rings is 1. The Kier molecular flexibility index (Phi) is 9.42. The van der Waals surface area contributed by atoms with Crippen LogP contribution >= 0.6 is 0 Å². The van der Waals surface area contributed by atoms with Crippen molar-refractivity contribution in [1.82, 2.24) is 9.21 Å². The molecule has 37 heavy (non-hydrogen) atoms. The van der Waals surface area contributed by atoms with E-state index in [1.54, 1.807) is 31.4 Å². The molecule has 2 aromatic rings. The van der Waals surface area contributed by atoms with E-state index in [4.69, 9.17) is 9.47 Å². The van der Waals surface area contributed by atoms with Gasteiger partial charge < -0.3 is 24.6 Å². The normalized spacial score (nSPS) is 19.5. The van der Waals surface area contributed by atoms with Crippen molar-refractivity contribution in [3.63, 3.8) is 0 Å². The maximum atomic E-state index is 13.3. The summed E-state index contributed by atoms with van der Waals surface area (Å²) in [7, 11) is -2.12. The van der Waals surface area contributed by atoms with E-state index in [0.29, 0.717) is 24.4 Å². The van der Waals surface area contributed by atoms with Gasteiger partial charge in [0.25, 0.3) is 0 Å². The van der Waals surface area contributed by atoms with E-state index in [9.17, 15) is 13.2 Å². The quantitative estimate of drug-likeness (QED) is 0.505. The van der Waals surface area contributed by atoms with Crippen LogP contribution in [0.2, 0.25) is 0 Å². The number of sulfonamides is 1. The molecule has 0 bridgehead atoms. The topological polar surface area (TPSA) is 91.4 Å². The van der Waals surface area contributed by atoms with Gasteiger partial charge in [0.15, 0.2) is 0 Å². The molecule has 1 unspecified atom stereocenters. The highest BCUT2D eigenvalue weighted by Crippen LogP contribution is 2.27. The molecular weight excluding hydrogens is 492 g/mol. The SMILES string of the molecule is CCN1CCN(c2ccc(NC(=O)COCC3CCCCN3S(=O)(=O)c3ccc(OC)cc3)cc2)CC1. The van der Waals surface area contributed by atoms with Crippen LogP contribution in [0.4, 0.5) is 11.4 Å². The third-order valence-electron chi connectivity index (χ3n) is 7.12. The molecule has 2 aliphatic rings. The number of hydrogen-bond acceptors (Lipinski definition) is 7. The van der Waals surface area contributed by atoms with Crippen LogP contribution < -0.4 is 15.0 Å². The predicted molar refractivity (Wildman–Crippen MR) is 145 cm³/mol. The molecule has 0 radical (unpaired) electrons. The third-order valence-corrected chi connectivity index (χ3v) is 9.08. The van der Waals surface area contributed by atoms with Crippen LogP contribution in [0.25, 0.3) is 0 Å². The van der Waals surface area contributed by atoms with Crippen LogP contribution in [0.5, 0.6) is 5.75 Å². The lowest BCUT2D eigenvalue weighted by Crippen LogP contribution is -2.46. The Labute approximate surface area is 220 Å². The standard InChI is InChI=1S/C27H38N4O5S/c1-3-29-16-18-30(19-17-29)23-9-7-22(8-10-23)28-27(32)21-36-20-24-6-4-5-15-31(24)37(33,34)26-13-11-25(35-2)12-14-26/h7-14,24H,3-6,15-21H2,1-2H3,(H,28,32). The lowest BCUT2D eigenvalue weighted by atomic mass is 10.1. The van der Waals surface area contributed by atoms with Gasteiger partial charge in [0.05, 0.1) is 18.6 Å². The van der Waals surface area contributed by atoms with Gasteiger partial charge in [0.2, 0.25) is 15.9 Å². The Morgan fingerprint density at radius 2 is 1.68 bits per heavy atom. The molecule has 9 nitrogen and oxygen atoms in total. The molecule has 2 fully saturated rings. The van der Waals surface area contributed by atoms with Gasteiger partial charge in [-0.3, -0.25) is 4.79 Å². The van der Waals surface area contributed by atoms with Crippen molar-refractivity contribution in [2.45, 2.75) is 37.1 Å². The van der Waals surface area contributed by atoms with Gasteiger partial charge in [0.1, 0.15) is 12.4 Å². The zero-order valence-electron chi connectivity index (χ0n) is 21.8. The lowest BCUT2D eigenvalue weighted by molar-refractivity contribution is -0.121. The van der Waals surface area contributed by atoms with E-state index in [1.807, 2.05) is 24.3 Å². The Morgan fingerprint density at radius 1 is 0.973 bits per heavy atom. The zero-order chi connectivity index (χ0) is 26.3. The van der Waals surface area contributed by atoms with E-state index in [2.05, 4.69) is 22.0 Å². The van der Waals surface area contributed by atoms with Crippen molar-refractivity contribution < 1.29 is 22.7 Å². The molecule has 0 saturated carbocycles. The number of likely N-dealkylation sites (N-methyl/N-ethyl adjacent to an activating group) is 1. The molecular formula is C27H38N4O5S. The summed E-state index contributed by atoms with van der Waals surface area (Å²) in [4.78, 5) is 17.5. The minimum absolute atomic E-state index is 0.131. The smallest absolute Gasteiger partial charge is 0.250 e. The second-order valence-corrected chi connectivity index (χ2v) is 11.4. The molecule has 0 spiro atoms. The number of ether oxygens (including phenoxy) is 2. The summed E-state index contributed by atoms with van der Waals surface area (Å²) in [6.07, 6.45) is 2.43. The van der Waals surface area contributed by atoms with Crippen LogP contribution in [-0.4, -0.2) is 89.2 Å². The summed E-state index contributed by atoms with van der Waals surface area (Å²) in [5, 5.41) is 2.87. The molecule has 1 atom stereocenters. The summed E-state index contributed by atoms with van der Waals surface area (Å²) in [6, 6.07) is 14.0. The Balaban J connectivity index is 1.26. The van der Waals surface area contributed by atoms with Gasteiger partial charge in [0, 0.05) is 50.1 Å². The summed E-state index contributed by atoms with van der Waals surface area (Å²) < 4.78 is 38.8. The number of benzene rings is 2. The van der Waals surface area contributed by atoms with E-state index < -0.39 is 10.0 Å². The van der Waals surface area contributed by atoms with Crippen molar-refractivity contribution in [2.24, 2.45) is 0 Å². The van der Waals surface area contributed by atoms with Crippen molar-refractivity contribution in [2.75, 3.05) is 69.8 Å². The number of nitrogens with zero attached hydrogens (tertiary/aromatic N) is 3. The van der Waals surface area contributed by atoms with Crippen molar-refractivity contribution in [3.05, 3.63) is 48.5 Å². The minimum Gasteiger partial charge on any atom is -0.497 e. The Hall–Kier alpha value is -2.66. The van der Waals surface area contributed by atoms with E-state index in [-0.39, 0.29) is 30.1 Å². The van der Waals surface area contributed by atoms with Crippen LogP contribution in [0.3, 0.4) is 0 Å². The van der Waals surface area contributed by atoms with Gasteiger partial charge in [-0.15, -0.1) is 0 Å². The highest BCUT2D eigenvalue weighted by Gasteiger charge is 2.33. The van der Waals surface area contributed by atoms with Gasteiger partial charge in [-0.1, -0.05) is 13.3 Å². The summed E-state index contributed by atoms with van der Waals surface area (Å²) in [6.45, 7) is 7.87. The molecule has 2 heterocycles.